The lowest BCUT2D eigenvalue weighted by Crippen LogP contribution is -2.48. The molecule has 5 heteroatoms. The molecule has 1 saturated heterocycles. The minimum absolute atomic E-state index is 0.138. The van der Waals surface area contributed by atoms with Gasteiger partial charge in [0.05, 0.1) is 16.3 Å². The molecule has 1 heterocycles. The van der Waals surface area contributed by atoms with Crippen molar-refractivity contribution in [3.8, 4) is 0 Å². The van der Waals surface area contributed by atoms with E-state index >= 15 is 0 Å². The summed E-state index contributed by atoms with van der Waals surface area (Å²) >= 11 is 5.94. The van der Waals surface area contributed by atoms with E-state index in [2.05, 4.69) is 24.2 Å². The third kappa shape index (κ3) is 3.19. The minimum Gasteiger partial charge on any atom is -0.397 e. The molecule has 19 heavy (non-hydrogen) atoms. The Morgan fingerprint density at radius 3 is 2.95 bits per heavy atom. The van der Waals surface area contributed by atoms with E-state index in [0.717, 1.165) is 19.5 Å². The Bertz CT molecular complexity index is 478. The van der Waals surface area contributed by atoms with Crippen molar-refractivity contribution in [3.05, 3.63) is 28.8 Å². The van der Waals surface area contributed by atoms with Gasteiger partial charge >= 0.3 is 0 Å². The zero-order valence-corrected chi connectivity index (χ0v) is 12.1. The zero-order chi connectivity index (χ0) is 14.0. The van der Waals surface area contributed by atoms with Gasteiger partial charge in [0.25, 0.3) is 5.91 Å². The summed E-state index contributed by atoms with van der Waals surface area (Å²) in [5.41, 5.74) is 6.65. The molecule has 1 aromatic rings. The molecule has 0 radical (unpaired) electrons. The average Bonchev–Trinajstić information content (AvgIpc) is 2.36. The number of anilines is 1. The summed E-state index contributed by atoms with van der Waals surface area (Å²) < 4.78 is 0. The number of benzene rings is 1. The van der Waals surface area contributed by atoms with E-state index in [1.165, 1.54) is 0 Å². The molecule has 0 spiro atoms. The van der Waals surface area contributed by atoms with E-state index in [1.54, 1.807) is 18.2 Å². The Morgan fingerprint density at radius 2 is 2.26 bits per heavy atom. The summed E-state index contributed by atoms with van der Waals surface area (Å²) in [4.78, 5) is 14.5. The summed E-state index contributed by atoms with van der Waals surface area (Å²) in [6, 6.07) is 5.33. The molecule has 4 nitrogen and oxygen atoms in total. The van der Waals surface area contributed by atoms with Crippen LogP contribution < -0.4 is 11.1 Å². The first-order valence-corrected chi connectivity index (χ1v) is 6.90. The van der Waals surface area contributed by atoms with E-state index < -0.39 is 0 Å². The lowest BCUT2D eigenvalue weighted by Gasteiger charge is -2.35. The van der Waals surface area contributed by atoms with E-state index in [1.807, 2.05) is 0 Å². The van der Waals surface area contributed by atoms with Crippen molar-refractivity contribution in [1.82, 2.24) is 10.2 Å². The minimum atomic E-state index is -0.138. The Morgan fingerprint density at radius 1 is 1.53 bits per heavy atom. The van der Waals surface area contributed by atoms with Gasteiger partial charge in [0.2, 0.25) is 0 Å². The lowest BCUT2D eigenvalue weighted by molar-refractivity contribution is 0.0884. The maximum atomic E-state index is 12.2. The highest BCUT2D eigenvalue weighted by molar-refractivity contribution is 6.33. The fourth-order valence-electron chi connectivity index (χ4n) is 2.55. The van der Waals surface area contributed by atoms with Crippen molar-refractivity contribution in [3.63, 3.8) is 0 Å². The number of hydrogen-bond donors (Lipinski definition) is 2. The third-order valence-corrected chi connectivity index (χ3v) is 4.05. The molecule has 2 rings (SSSR count). The van der Waals surface area contributed by atoms with Crippen molar-refractivity contribution < 1.29 is 4.79 Å². The summed E-state index contributed by atoms with van der Waals surface area (Å²) in [5.74, 6) is 0.296. The molecule has 0 aromatic heterocycles. The normalized spacial score (nSPS) is 24.2. The summed E-state index contributed by atoms with van der Waals surface area (Å²) in [7, 11) is 2.10. The van der Waals surface area contributed by atoms with Crippen LogP contribution in [0.5, 0.6) is 0 Å². The van der Waals surface area contributed by atoms with Crippen LogP contribution in [0.4, 0.5) is 5.69 Å². The van der Waals surface area contributed by atoms with Crippen LogP contribution in [-0.4, -0.2) is 37.0 Å². The number of amides is 1. The number of likely N-dealkylation sites (tertiary alicyclic amines) is 1. The predicted octanol–water partition coefficient (Wildman–Crippen LogP) is 1.99. The largest absolute Gasteiger partial charge is 0.397 e. The molecule has 0 saturated carbocycles. The monoisotopic (exact) mass is 281 g/mol. The molecule has 1 aliphatic heterocycles. The SMILES string of the molecule is CC1CN(C)CCC1NC(=O)c1cccc(Cl)c1N. The number of nitrogen functional groups attached to an aromatic ring is 1. The number of piperidine rings is 1. The van der Waals surface area contributed by atoms with Gasteiger partial charge in [0.1, 0.15) is 0 Å². The number of carbonyl (C=O) groups is 1. The van der Waals surface area contributed by atoms with E-state index in [4.69, 9.17) is 17.3 Å². The quantitative estimate of drug-likeness (QED) is 0.815. The van der Waals surface area contributed by atoms with Crippen LogP contribution >= 0.6 is 11.6 Å². The summed E-state index contributed by atoms with van der Waals surface area (Å²) in [6.07, 6.45) is 0.962. The summed E-state index contributed by atoms with van der Waals surface area (Å²) in [6.45, 7) is 4.15. The van der Waals surface area contributed by atoms with Crippen LogP contribution in [0.2, 0.25) is 5.02 Å². The second-order valence-electron chi connectivity index (χ2n) is 5.31. The number of rotatable bonds is 2. The molecule has 1 fully saturated rings. The molecular weight excluding hydrogens is 262 g/mol. The van der Waals surface area contributed by atoms with Crippen LogP contribution in [0.15, 0.2) is 18.2 Å². The topological polar surface area (TPSA) is 58.4 Å². The van der Waals surface area contributed by atoms with Crippen molar-refractivity contribution in [1.29, 1.82) is 0 Å². The molecule has 2 unspecified atom stereocenters. The maximum Gasteiger partial charge on any atom is 0.253 e. The molecule has 1 amide bonds. The van der Waals surface area contributed by atoms with Crippen molar-refractivity contribution in [2.75, 3.05) is 25.9 Å². The first-order valence-electron chi connectivity index (χ1n) is 6.52. The standard InChI is InChI=1S/C14H20ClN3O/c1-9-8-18(2)7-6-12(9)17-14(19)10-4-3-5-11(15)13(10)16/h3-5,9,12H,6-8,16H2,1-2H3,(H,17,19). The third-order valence-electron chi connectivity index (χ3n) is 3.72. The van der Waals surface area contributed by atoms with E-state index in [-0.39, 0.29) is 11.9 Å². The average molecular weight is 282 g/mol. The van der Waals surface area contributed by atoms with Gasteiger partial charge in [-0.1, -0.05) is 24.6 Å². The van der Waals surface area contributed by atoms with Crippen LogP contribution in [0.3, 0.4) is 0 Å². The number of carbonyl (C=O) groups excluding carboxylic acids is 1. The van der Waals surface area contributed by atoms with Gasteiger partial charge in [0, 0.05) is 12.6 Å². The zero-order valence-electron chi connectivity index (χ0n) is 11.3. The first-order chi connectivity index (χ1) is 8.99. The van der Waals surface area contributed by atoms with E-state index in [9.17, 15) is 4.79 Å². The highest BCUT2D eigenvalue weighted by Crippen LogP contribution is 2.23. The van der Waals surface area contributed by atoms with Gasteiger partial charge in [-0.2, -0.15) is 0 Å². The number of hydrogen-bond acceptors (Lipinski definition) is 3. The second-order valence-corrected chi connectivity index (χ2v) is 5.72. The van der Waals surface area contributed by atoms with Gasteiger partial charge in [-0.05, 0) is 38.1 Å². The van der Waals surface area contributed by atoms with E-state index in [0.29, 0.717) is 22.2 Å². The van der Waals surface area contributed by atoms with Crippen LogP contribution in [0.25, 0.3) is 0 Å². The Labute approximate surface area is 118 Å². The highest BCUT2D eigenvalue weighted by atomic mass is 35.5. The molecule has 1 aliphatic rings. The molecule has 1 aromatic carbocycles. The lowest BCUT2D eigenvalue weighted by atomic mass is 9.94. The van der Waals surface area contributed by atoms with Gasteiger partial charge in [0.15, 0.2) is 0 Å². The fourth-order valence-corrected chi connectivity index (χ4v) is 2.72. The Balaban J connectivity index is 2.07. The van der Waals surface area contributed by atoms with Crippen LogP contribution in [0.1, 0.15) is 23.7 Å². The van der Waals surface area contributed by atoms with Crippen molar-refractivity contribution in [2.45, 2.75) is 19.4 Å². The highest BCUT2D eigenvalue weighted by Gasteiger charge is 2.26. The number of nitrogens with zero attached hydrogens (tertiary/aromatic N) is 1. The van der Waals surface area contributed by atoms with Gasteiger partial charge in [-0.15, -0.1) is 0 Å². The second kappa shape index (κ2) is 5.80. The Kier molecular flexibility index (Phi) is 4.32. The predicted molar refractivity (Wildman–Crippen MR) is 78.4 cm³/mol. The van der Waals surface area contributed by atoms with Gasteiger partial charge in [-0.3, -0.25) is 4.79 Å². The molecular formula is C14H20ClN3O. The number of nitrogens with two attached hydrogens (primary N) is 1. The molecule has 0 aliphatic carbocycles. The molecule has 2 atom stereocenters. The smallest absolute Gasteiger partial charge is 0.253 e. The number of nitrogens with one attached hydrogen (secondary N) is 1. The number of halogens is 1. The maximum absolute atomic E-state index is 12.2. The van der Waals surface area contributed by atoms with Crippen LogP contribution in [-0.2, 0) is 0 Å². The Hall–Kier alpha value is -1.26. The summed E-state index contributed by atoms with van der Waals surface area (Å²) in [5, 5.41) is 3.49. The molecule has 3 N–H and O–H groups in total. The van der Waals surface area contributed by atoms with Gasteiger partial charge < -0.3 is 16.0 Å². The van der Waals surface area contributed by atoms with Crippen LogP contribution in [0, 0.1) is 5.92 Å². The molecule has 0 bridgehead atoms. The first kappa shape index (κ1) is 14.2. The van der Waals surface area contributed by atoms with Crippen molar-refractivity contribution in [2.24, 2.45) is 5.92 Å². The van der Waals surface area contributed by atoms with Gasteiger partial charge in [-0.25, -0.2) is 0 Å². The fraction of sp³-hybridized carbons (Fsp3) is 0.500. The molecule has 104 valence electrons. The van der Waals surface area contributed by atoms with Crippen molar-refractivity contribution >= 4 is 23.2 Å². The number of para-hydroxylation sites is 1.